The van der Waals surface area contributed by atoms with Crippen LogP contribution in [0.25, 0.3) is 0 Å². The Morgan fingerprint density at radius 2 is 2.16 bits per heavy atom. The first-order valence-corrected chi connectivity index (χ1v) is 9.31. The molecule has 1 aromatic carbocycles. The summed E-state index contributed by atoms with van der Waals surface area (Å²) in [7, 11) is 0. The van der Waals surface area contributed by atoms with Gasteiger partial charge < -0.3 is 20.1 Å². The Hall–Kier alpha value is -1.59. The van der Waals surface area contributed by atoms with Gasteiger partial charge in [-0.25, -0.2) is 4.79 Å². The number of hydrogen-bond donors (Lipinski definition) is 3. The highest BCUT2D eigenvalue weighted by Gasteiger charge is 2.44. The quantitative estimate of drug-likeness (QED) is 0.704. The van der Waals surface area contributed by atoms with Crippen molar-refractivity contribution in [2.45, 2.75) is 57.7 Å². The highest BCUT2D eigenvalue weighted by atomic mass is 16.5. The average Bonchev–Trinajstić information content (AvgIpc) is 2.90. The number of fused-ring (bicyclic) bond motifs is 2. The number of aliphatic hydroxyl groups excluding tert-OH is 2. The van der Waals surface area contributed by atoms with Gasteiger partial charge in [0.2, 0.25) is 0 Å². The molecule has 0 radical (unpaired) electrons. The Morgan fingerprint density at radius 3 is 2.88 bits per heavy atom. The van der Waals surface area contributed by atoms with Gasteiger partial charge >= 0.3 is 5.97 Å². The molecule has 0 spiro atoms. The molecule has 1 fully saturated rings. The van der Waals surface area contributed by atoms with Gasteiger partial charge in [0.1, 0.15) is 5.75 Å². The van der Waals surface area contributed by atoms with E-state index < -0.39 is 5.97 Å². The van der Waals surface area contributed by atoms with Crippen molar-refractivity contribution in [2.75, 3.05) is 6.61 Å². The molecule has 0 heterocycles. The van der Waals surface area contributed by atoms with Crippen molar-refractivity contribution >= 4 is 5.97 Å². The van der Waals surface area contributed by atoms with Crippen molar-refractivity contribution in [3.05, 3.63) is 29.3 Å². The Bertz CT molecular complexity index is 614. The molecule has 0 aliphatic heterocycles. The molecule has 3 rings (SSSR count). The van der Waals surface area contributed by atoms with Crippen molar-refractivity contribution < 1.29 is 24.9 Å². The smallest absolute Gasteiger partial charge is 0.341 e. The zero-order valence-electron chi connectivity index (χ0n) is 14.7. The van der Waals surface area contributed by atoms with E-state index in [0.29, 0.717) is 17.6 Å². The lowest BCUT2D eigenvalue weighted by atomic mass is 9.73. The fraction of sp³-hybridized carbons (Fsp3) is 0.650. The third-order valence-electron chi connectivity index (χ3n) is 6.00. The molecule has 0 unspecified atom stereocenters. The maximum absolute atomic E-state index is 10.8. The van der Waals surface area contributed by atoms with E-state index in [0.717, 1.165) is 44.1 Å². The van der Waals surface area contributed by atoms with Crippen molar-refractivity contribution in [2.24, 2.45) is 17.8 Å². The highest BCUT2D eigenvalue weighted by Crippen LogP contribution is 2.48. The summed E-state index contributed by atoms with van der Waals surface area (Å²) in [6.07, 6.45) is 4.29. The lowest BCUT2D eigenvalue weighted by Gasteiger charge is -2.32. The Morgan fingerprint density at radius 1 is 1.36 bits per heavy atom. The van der Waals surface area contributed by atoms with E-state index in [1.165, 1.54) is 5.56 Å². The van der Waals surface area contributed by atoms with Crippen LogP contribution in [0.4, 0.5) is 0 Å². The van der Waals surface area contributed by atoms with Crippen LogP contribution in [0.5, 0.6) is 5.75 Å². The van der Waals surface area contributed by atoms with Gasteiger partial charge in [-0.2, -0.15) is 0 Å². The topological polar surface area (TPSA) is 87.0 Å². The summed E-state index contributed by atoms with van der Waals surface area (Å²) in [4.78, 5) is 10.8. The first-order chi connectivity index (χ1) is 12.0. The molecule has 5 atom stereocenters. The molecule has 25 heavy (non-hydrogen) atoms. The van der Waals surface area contributed by atoms with Crippen LogP contribution in [0.3, 0.4) is 0 Å². The Kier molecular flexibility index (Phi) is 5.64. The lowest BCUT2D eigenvalue weighted by Crippen LogP contribution is -2.28. The Balaban J connectivity index is 1.74. The van der Waals surface area contributed by atoms with E-state index in [-0.39, 0.29) is 24.7 Å². The van der Waals surface area contributed by atoms with Gasteiger partial charge in [0.15, 0.2) is 6.61 Å². The predicted octanol–water partition coefficient (Wildman–Crippen LogP) is 2.41. The van der Waals surface area contributed by atoms with Crippen LogP contribution in [0.1, 0.15) is 43.7 Å². The van der Waals surface area contributed by atoms with E-state index in [1.807, 2.05) is 19.1 Å². The van der Waals surface area contributed by atoms with Crippen LogP contribution in [-0.4, -0.2) is 40.1 Å². The summed E-state index contributed by atoms with van der Waals surface area (Å²) in [6, 6.07) is 5.84. The van der Waals surface area contributed by atoms with Gasteiger partial charge in [0, 0.05) is 0 Å². The number of aliphatic carboxylic acids is 1. The molecule has 0 aromatic heterocycles. The molecule has 5 heteroatoms. The summed E-state index contributed by atoms with van der Waals surface area (Å²) < 4.78 is 5.47. The summed E-state index contributed by atoms with van der Waals surface area (Å²) in [6.45, 7) is 1.65. The number of aliphatic hydroxyl groups is 2. The van der Waals surface area contributed by atoms with Gasteiger partial charge in [-0.1, -0.05) is 19.1 Å². The van der Waals surface area contributed by atoms with Gasteiger partial charge in [-0.05, 0) is 73.5 Å². The molecule has 2 aliphatic rings. The van der Waals surface area contributed by atoms with Crippen molar-refractivity contribution in [1.82, 2.24) is 0 Å². The molecule has 138 valence electrons. The maximum atomic E-state index is 10.8. The summed E-state index contributed by atoms with van der Waals surface area (Å²) >= 11 is 0. The minimum absolute atomic E-state index is 0.239. The minimum atomic E-state index is -0.975. The summed E-state index contributed by atoms with van der Waals surface area (Å²) in [5.41, 5.74) is 2.31. The van der Waals surface area contributed by atoms with E-state index in [9.17, 15) is 15.0 Å². The molecule has 2 aliphatic carbocycles. The second kappa shape index (κ2) is 7.75. The molecule has 5 nitrogen and oxygen atoms in total. The molecule has 3 N–H and O–H groups in total. The fourth-order valence-electron chi connectivity index (χ4n) is 4.67. The SMILES string of the molecule is CC[C@H](O)CC[C@@H]1[C@H]2Cc3cccc(OCC(=O)O)c3C[C@H]2C[C@H]1O. The van der Waals surface area contributed by atoms with Crippen LogP contribution in [-0.2, 0) is 17.6 Å². The lowest BCUT2D eigenvalue weighted by molar-refractivity contribution is -0.139. The molecule has 1 saturated carbocycles. The highest BCUT2D eigenvalue weighted by molar-refractivity contribution is 5.68. The van der Waals surface area contributed by atoms with Gasteiger partial charge in [0.05, 0.1) is 12.2 Å². The zero-order valence-corrected chi connectivity index (χ0v) is 14.7. The molecular formula is C20H28O5. The number of carbonyl (C=O) groups is 1. The van der Waals surface area contributed by atoms with Crippen LogP contribution in [0.15, 0.2) is 18.2 Å². The number of hydrogen-bond acceptors (Lipinski definition) is 4. The monoisotopic (exact) mass is 348 g/mol. The first-order valence-electron chi connectivity index (χ1n) is 9.31. The molecule has 0 bridgehead atoms. The summed E-state index contributed by atoms with van der Waals surface area (Å²) in [5.74, 6) is 0.764. The minimum Gasteiger partial charge on any atom is -0.482 e. The largest absolute Gasteiger partial charge is 0.482 e. The van der Waals surface area contributed by atoms with Crippen molar-refractivity contribution in [3.8, 4) is 5.75 Å². The second-order valence-electron chi connectivity index (χ2n) is 7.51. The first kappa shape index (κ1) is 18.2. The van der Waals surface area contributed by atoms with Crippen molar-refractivity contribution in [1.29, 1.82) is 0 Å². The number of ether oxygens (including phenoxy) is 1. The van der Waals surface area contributed by atoms with E-state index in [2.05, 4.69) is 6.07 Å². The normalized spacial score (nSPS) is 28.9. The number of carboxylic acids is 1. The average molecular weight is 348 g/mol. The number of carboxylic acid groups (broad SMARTS) is 1. The second-order valence-corrected chi connectivity index (χ2v) is 7.51. The van der Waals surface area contributed by atoms with Crippen LogP contribution >= 0.6 is 0 Å². The number of benzene rings is 1. The molecule has 0 saturated heterocycles. The fourth-order valence-corrected chi connectivity index (χ4v) is 4.67. The van der Waals surface area contributed by atoms with E-state index in [1.54, 1.807) is 0 Å². The van der Waals surface area contributed by atoms with Crippen LogP contribution in [0.2, 0.25) is 0 Å². The standard InChI is InChI=1S/C20H28O5/c1-2-14(21)6-7-15-16-8-12-4-3-5-19(25-11-20(23)24)17(12)9-13(16)10-18(15)22/h3-5,13-16,18,21-22H,2,6-11H2,1H3,(H,23,24)/t13-,14-,15+,16-,18+/m0/s1. The molecule has 1 aromatic rings. The van der Waals surface area contributed by atoms with E-state index in [4.69, 9.17) is 9.84 Å². The van der Waals surface area contributed by atoms with Gasteiger partial charge in [-0.15, -0.1) is 0 Å². The summed E-state index contributed by atoms with van der Waals surface area (Å²) in [5, 5.41) is 29.2. The molecule has 0 amide bonds. The van der Waals surface area contributed by atoms with Crippen LogP contribution < -0.4 is 4.74 Å². The number of rotatable bonds is 7. The van der Waals surface area contributed by atoms with Crippen molar-refractivity contribution in [3.63, 3.8) is 0 Å². The maximum Gasteiger partial charge on any atom is 0.341 e. The van der Waals surface area contributed by atoms with E-state index >= 15 is 0 Å². The predicted molar refractivity (Wildman–Crippen MR) is 93.6 cm³/mol. The zero-order chi connectivity index (χ0) is 18.0. The van der Waals surface area contributed by atoms with Gasteiger partial charge in [-0.3, -0.25) is 0 Å². The third-order valence-corrected chi connectivity index (χ3v) is 6.00. The van der Waals surface area contributed by atoms with Gasteiger partial charge in [0.25, 0.3) is 0 Å². The Labute approximate surface area is 148 Å². The van der Waals surface area contributed by atoms with Crippen LogP contribution in [0, 0.1) is 17.8 Å². The third kappa shape index (κ3) is 3.98. The molecular weight excluding hydrogens is 320 g/mol.